The zero-order valence-corrected chi connectivity index (χ0v) is 8.74. The van der Waals surface area contributed by atoms with Crippen molar-refractivity contribution in [3.05, 3.63) is 0 Å². The number of aliphatic hydroxyl groups excluding tert-OH is 1. The van der Waals surface area contributed by atoms with Crippen LogP contribution < -0.4 is 5.32 Å². The lowest BCUT2D eigenvalue weighted by Gasteiger charge is -2.32. The summed E-state index contributed by atoms with van der Waals surface area (Å²) in [6.45, 7) is 1.81. The van der Waals surface area contributed by atoms with Crippen LogP contribution >= 0.6 is 0 Å². The third kappa shape index (κ3) is 2.94. The molecule has 1 atom stereocenters. The molecular formula is C11H21NO2. The monoisotopic (exact) mass is 199 g/mol. The van der Waals surface area contributed by atoms with Gasteiger partial charge in [0.2, 0.25) is 0 Å². The van der Waals surface area contributed by atoms with Crippen LogP contribution in [0.25, 0.3) is 0 Å². The fraction of sp³-hybridized carbons (Fsp3) is 1.00. The summed E-state index contributed by atoms with van der Waals surface area (Å²) in [4.78, 5) is 0. The number of ether oxygens (including phenoxy) is 1. The molecule has 0 aromatic rings. The Morgan fingerprint density at radius 3 is 2.43 bits per heavy atom. The van der Waals surface area contributed by atoms with Gasteiger partial charge in [-0.05, 0) is 38.5 Å². The standard InChI is InChI=1S/C11H21NO2/c13-11-5-3-9(4-6-11)12-10-2-1-7-14-8-10/h9-13H,1-8H2. The average Bonchev–Trinajstić information content (AvgIpc) is 2.23. The SMILES string of the molecule is OC1CCC(NC2CCCOC2)CC1. The molecule has 0 spiro atoms. The van der Waals surface area contributed by atoms with Gasteiger partial charge in [-0.1, -0.05) is 0 Å². The summed E-state index contributed by atoms with van der Waals surface area (Å²) in [5, 5.41) is 13.0. The Morgan fingerprint density at radius 2 is 1.79 bits per heavy atom. The van der Waals surface area contributed by atoms with E-state index in [1.165, 1.54) is 12.8 Å². The second kappa shape index (κ2) is 5.10. The van der Waals surface area contributed by atoms with Crippen LogP contribution in [-0.4, -0.2) is 36.5 Å². The van der Waals surface area contributed by atoms with Crippen molar-refractivity contribution in [2.75, 3.05) is 13.2 Å². The molecule has 0 aromatic heterocycles. The van der Waals surface area contributed by atoms with Crippen molar-refractivity contribution in [2.24, 2.45) is 0 Å². The summed E-state index contributed by atoms with van der Waals surface area (Å²) in [6.07, 6.45) is 6.56. The van der Waals surface area contributed by atoms with Gasteiger partial charge in [0.1, 0.15) is 0 Å². The van der Waals surface area contributed by atoms with E-state index in [0.717, 1.165) is 38.9 Å². The van der Waals surface area contributed by atoms with Gasteiger partial charge >= 0.3 is 0 Å². The average molecular weight is 199 g/mol. The van der Waals surface area contributed by atoms with Crippen molar-refractivity contribution in [1.82, 2.24) is 5.32 Å². The van der Waals surface area contributed by atoms with E-state index in [0.29, 0.717) is 12.1 Å². The van der Waals surface area contributed by atoms with Crippen LogP contribution in [0.1, 0.15) is 38.5 Å². The molecule has 1 aliphatic heterocycles. The molecule has 2 aliphatic rings. The highest BCUT2D eigenvalue weighted by Crippen LogP contribution is 2.19. The summed E-state index contributed by atoms with van der Waals surface area (Å²) in [6, 6.07) is 1.18. The van der Waals surface area contributed by atoms with Crippen LogP contribution in [0, 0.1) is 0 Å². The Hall–Kier alpha value is -0.120. The van der Waals surface area contributed by atoms with E-state index in [9.17, 15) is 5.11 Å². The molecule has 14 heavy (non-hydrogen) atoms. The second-order valence-corrected chi connectivity index (χ2v) is 4.59. The van der Waals surface area contributed by atoms with Crippen molar-refractivity contribution in [3.63, 3.8) is 0 Å². The molecule has 1 saturated heterocycles. The summed E-state index contributed by atoms with van der Waals surface area (Å²) in [5.41, 5.74) is 0. The largest absolute Gasteiger partial charge is 0.393 e. The van der Waals surface area contributed by atoms with E-state index in [4.69, 9.17) is 4.74 Å². The number of rotatable bonds is 2. The molecule has 2 fully saturated rings. The molecule has 0 amide bonds. The molecule has 2 rings (SSSR count). The van der Waals surface area contributed by atoms with Crippen LogP contribution in [0.2, 0.25) is 0 Å². The molecule has 0 bridgehead atoms. The molecule has 82 valence electrons. The van der Waals surface area contributed by atoms with Crippen LogP contribution in [-0.2, 0) is 4.74 Å². The Labute approximate surface area is 85.8 Å². The third-order valence-electron chi connectivity index (χ3n) is 3.33. The molecule has 2 N–H and O–H groups in total. The lowest BCUT2D eigenvalue weighted by molar-refractivity contribution is 0.0576. The minimum absolute atomic E-state index is 0.0457. The molecule has 3 nitrogen and oxygen atoms in total. The van der Waals surface area contributed by atoms with Gasteiger partial charge in [0.15, 0.2) is 0 Å². The molecule has 1 aliphatic carbocycles. The number of hydrogen-bond donors (Lipinski definition) is 2. The second-order valence-electron chi connectivity index (χ2n) is 4.59. The van der Waals surface area contributed by atoms with Gasteiger partial charge in [-0.2, -0.15) is 0 Å². The lowest BCUT2D eigenvalue weighted by atomic mass is 9.92. The van der Waals surface area contributed by atoms with Crippen LogP contribution in [0.4, 0.5) is 0 Å². The van der Waals surface area contributed by atoms with Gasteiger partial charge in [0.05, 0.1) is 12.7 Å². The number of aliphatic hydroxyl groups is 1. The Bertz CT molecular complexity index is 161. The van der Waals surface area contributed by atoms with Crippen LogP contribution in [0.15, 0.2) is 0 Å². The van der Waals surface area contributed by atoms with E-state index in [-0.39, 0.29) is 6.10 Å². The van der Waals surface area contributed by atoms with E-state index >= 15 is 0 Å². The minimum Gasteiger partial charge on any atom is -0.393 e. The normalized spacial score (nSPS) is 39.6. The highest BCUT2D eigenvalue weighted by Gasteiger charge is 2.22. The molecule has 1 saturated carbocycles. The summed E-state index contributed by atoms with van der Waals surface area (Å²) in [7, 11) is 0. The van der Waals surface area contributed by atoms with E-state index in [1.807, 2.05) is 0 Å². The fourth-order valence-corrected chi connectivity index (χ4v) is 2.45. The van der Waals surface area contributed by atoms with Crippen molar-refractivity contribution < 1.29 is 9.84 Å². The maximum Gasteiger partial charge on any atom is 0.0619 e. The fourth-order valence-electron chi connectivity index (χ4n) is 2.45. The Kier molecular flexibility index (Phi) is 3.79. The molecular weight excluding hydrogens is 178 g/mol. The van der Waals surface area contributed by atoms with Gasteiger partial charge < -0.3 is 15.2 Å². The first-order valence-corrected chi connectivity index (χ1v) is 5.86. The lowest BCUT2D eigenvalue weighted by Crippen LogP contribution is -2.45. The Balaban J connectivity index is 1.68. The van der Waals surface area contributed by atoms with Crippen LogP contribution in [0.5, 0.6) is 0 Å². The number of nitrogens with one attached hydrogen (secondary N) is 1. The zero-order chi connectivity index (χ0) is 9.80. The molecule has 0 radical (unpaired) electrons. The smallest absolute Gasteiger partial charge is 0.0619 e. The van der Waals surface area contributed by atoms with Gasteiger partial charge in [-0.15, -0.1) is 0 Å². The van der Waals surface area contributed by atoms with Crippen molar-refractivity contribution in [3.8, 4) is 0 Å². The topological polar surface area (TPSA) is 41.5 Å². The molecule has 3 heteroatoms. The van der Waals surface area contributed by atoms with Gasteiger partial charge in [-0.25, -0.2) is 0 Å². The first kappa shape index (κ1) is 10.4. The highest BCUT2D eigenvalue weighted by atomic mass is 16.5. The van der Waals surface area contributed by atoms with Crippen molar-refractivity contribution in [2.45, 2.75) is 56.7 Å². The van der Waals surface area contributed by atoms with Crippen molar-refractivity contribution in [1.29, 1.82) is 0 Å². The molecule has 0 aromatic carbocycles. The summed E-state index contributed by atoms with van der Waals surface area (Å²) >= 11 is 0. The van der Waals surface area contributed by atoms with E-state index in [1.54, 1.807) is 0 Å². The van der Waals surface area contributed by atoms with Crippen LogP contribution in [0.3, 0.4) is 0 Å². The highest BCUT2D eigenvalue weighted by molar-refractivity contribution is 4.81. The van der Waals surface area contributed by atoms with E-state index in [2.05, 4.69) is 5.32 Å². The maximum absolute atomic E-state index is 9.38. The van der Waals surface area contributed by atoms with E-state index < -0.39 is 0 Å². The third-order valence-corrected chi connectivity index (χ3v) is 3.33. The van der Waals surface area contributed by atoms with Gasteiger partial charge in [0, 0.05) is 18.7 Å². The molecule has 1 unspecified atom stereocenters. The Morgan fingerprint density at radius 1 is 1.00 bits per heavy atom. The summed E-state index contributed by atoms with van der Waals surface area (Å²) in [5.74, 6) is 0. The molecule has 1 heterocycles. The first-order valence-electron chi connectivity index (χ1n) is 5.86. The van der Waals surface area contributed by atoms with Gasteiger partial charge in [-0.3, -0.25) is 0 Å². The first-order chi connectivity index (χ1) is 6.84. The quantitative estimate of drug-likeness (QED) is 0.698. The minimum atomic E-state index is -0.0457. The number of hydrogen-bond acceptors (Lipinski definition) is 3. The summed E-state index contributed by atoms with van der Waals surface area (Å²) < 4.78 is 5.43. The van der Waals surface area contributed by atoms with Crippen molar-refractivity contribution >= 4 is 0 Å². The predicted octanol–water partition coefficient (Wildman–Crippen LogP) is 1.06. The zero-order valence-electron chi connectivity index (χ0n) is 8.74. The predicted molar refractivity (Wildman–Crippen MR) is 55.2 cm³/mol. The maximum atomic E-state index is 9.38. The van der Waals surface area contributed by atoms with Gasteiger partial charge in [0.25, 0.3) is 0 Å².